The number of halogens is 34. The molecular formula is C28H22F34O4Sn. The maximum Gasteiger partial charge on any atom is 0.385 e. The minimum Gasteiger partial charge on any atom is -0.544 e. The molecule has 0 saturated carbocycles. The van der Waals surface area contributed by atoms with Gasteiger partial charge in [-0.05, 0) is 0 Å². The van der Waals surface area contributed by atoms with Gasteiger partial charge in [-0.25, -0.2) is 8.78 Å². The van der Waals surface area contributed by atoms with E-state index in [1.807, 2.05) is 0 Å². The van der Waals surface area contributed by atoms with E-state index in [1.54, 1.807) is 8.87 Å². The first kappa shape index (κ1) is 68.6. The van der Waals surface area contributed by atoms with Crippen LogP contribution in [0.25, 0.3) is 0 Å². The number of hydrogen-bond acceptors (Lipinski definition) is 4. The second kappa shape index (κ2) is 21.0. The van der Waals surface area contributed by atoms with E-state index in [-0.39, 0.29) is 21.1 Å². The maximum absolute atomic E-state index is 13.1. The number of carbonyl (C=O) groups is 2. The standard InChI is InChI=1S/2C10H3F17O2.2C4H9.Sn/c2*11-1-3(12,13)5(16,17)7(20,21)9(24,25)10(26,27)8(22,23)6(18,19)4(14,15)2(28)29;2*1-3-4-2;/h2*1H2,(H,28,29);2*1,3-4H2,2H3;/q;;;;+2/p-2. The van der Waals surface area contributed by atoms with Crippen molar-refractivity contribution in [2.24, 2.45) is 0 Å². The van der Waals surface area contributed by atoms with E-state index in [4.69, 9.17) is 0 Å². The van der Waals surface area contributed by atoms with Gasteiger partial charge < -0.3 is 19.8 Å². The van der Waals surface area contributed by atoms with E-state index in [0.29, 0.717) is 0 Å². The molecule has 0 spiro atoms. The summed E-state index contributed by atoms with van der Waals surface area (Å²) in [5.74, 6) is -140. The van der Waals surface area contributed by atoms with Gasteiger partial charge in [0.1, 0.15) is 11.9 Å². The summed E-state index contributed by atoms with van der Waals surface area (Å²) in [5.41, 5.74) is 0. The van der Waals surface area contributed by atoms with Gasteiger partial charge in [0.25, 0.3) is 0 Å². The number of carbonyl (C=O) groups excluding carboxylic acids is 2. The molecule has 400 valence electrons. The third-order valence-electron chi connectivity index (χ3n) is 7.91. The Kier molecular flexibility index (Phi) is 21.5. The van der Waals surface area contributed by atoms with Crippen molar-refractivity contribution in [3.05, 3.63) is 0 Å². The van der Waals surface area contributed by atoms with Crippen LogP contribution in [0.1, 0.15) is 39.5 Å². The van der Waals surface area contributed by atoms with Crippen LogP contribution in [0.5, 0.6) is 0 Å². The fourth-order valence-electron chi connectivity index (χ4n) is 3.58. The maximum atomic E-state index is 13.1. The summed E-state index contributed by atoms with van der Waals surface area (Å²) in [6.45, 7) is -3.38. The Bertz CT molecular complexity index is 1510. The molecule has 0 radical (unpaired) electrons. The fourth-order valence-corrected chi connectivity index (χ4v) is 7.74. The Labute approximate surface area is 358 Å². The molecule has 0 amide bonds. The van der Waals surface area contributed by atoms with Gasteiger partial charge in [-0.3, -0.25) is 0 Å². The van der Waals surface area contributed by atoms with Crippen LogP contribution >= 0.6 is 0 Å². The predicted octanol–water partition coefficient (Wildman–Crippen LogP) is 10.7. The molecule has 0 N–H and O–H groups in total. The van der Waals surface area contributed by atoms with Crippen LogP contribution in [0, 0.1) is 0 Å². The number of carboxylic acids is 2. The first-order valence-corrected chi connectivity index (χ1v) is 20.3. The van der Waals surface area contributed by atoms with E-state index in [2.05, 4.69) is 13.8 Å². The van der Waals surface area contributed by atoms with Gasteiger partial charge in [0.2, 0.25) is 0 Å². The summed E-state index contributed by atoms with van der Waals surface area (Å²) in [6, 6.07) is 0. The van der Waals surface area contributed by atoms with Crippen LogP contribution in [0.15, 0.2) is 0 Å². The molecule has 0 aliphatic carbocycles. The number of unbranched alkanes of at least 4 members (excludes halogenated alkanes) is 2. The second-order valence-corrected chi connectivity index (χ2v) is 17.0. The smallest absolute Gasteiger partial charge is 0.385 e. The Morgan fingerprint density at radius 1 is 0.328 bits per heavy atom. The zero-order valence-corrected chi connectivity index (χ0v) is 34.5. The molecule has 0 bridgehead atoms. The van der Waals surface area contributed by atoms with Gasteiger partial charge in [0.05, 0.1) is 0 Å². The van der Waals surface area contributed by atoms with E-state index in [0.717, 1.165) is 0 Å². The van der Waals surface area contributed by atoms with Crippen molar-refractivity contribution in [3.63, 3.8) is 0 Å². The first-order chi connectivity index (χ1) is 28.9. The normalized spacial score (nSPS) is 15.2. The summed E-state index contributed by atoms with van der Waals surface area (Å²) < 4.78 is 438. The van der Waals surface area contributed by atoms with Crippen molar-refractivity contribution in [1.29, 1.82) is 0 Å². The van der Waals surface area contributed by atoms with E-state index >= 15 is 0 Å². The Hall–Kier alpha value is -2.64. The summed E-state index contributed by atoms with van der Waals surface area (Å²) >= 11 is 0.149. The molecule has 0 aliphatic rings. The quantitative estimate of drug-likeness (QED) is 0.0548. The molecule has 0 heterocycles. The van der Waals surface area contributed by atoms with E-state index in [9.17, 15) is 169 Å². The number of alkyl halides is 34. The number of rotatable bonds is 24. The van der Waals surface area contributed by atoms with Crippen molar-refractivity contribution < 1.29 is 169 Å². The van der Waals surface area contributed by atoms with Crippen LogP contribution in [0.2, 0.25) is 8.87 Å². The molecule has 0 aliphatic heterocycles. The van der Waals surface area contributed by atoms with Crippen LogP contribution < -0.4 is 10.2 Å². The van der Waals surface area contributed by atoms with Crippen LogP contribution in [0.3, 0.4) is 0 Å². The molecule has 0 rings (SSSR count). The van der Waals surface area contributed by atoms with Crippen molar-refractivity contribution in [2.45, 2.75) is 143 Å². The molecule has 4 nitrogen and oxygen atoms in total. The SMILES string of the molecule is CCC[CH2][Sn+2][CH2]CCC.O=C([O-])C(F)(F)C(F)(F)C(F)(F)C(F)(F)C(F)(F)C(F)(F)C(F)(F)C(F)(F)CF.O=C([O-])C(F)(F)C(F)(F)C(F)(F)C(F)(F)C(F)(F)C(F)(F)C(F)(F)C(F)(F)CF. The number of aliphatic carboxylic acids is 2. The van der Waals surface area contributed by atoms with Gasteiger partial charge >= 0.3 is 164 Å². The zero-order valence-electron chi connectivity index (χ0n) is 31.6. The molecule has 67 heavy (non-hydrogen) atoms. The van der Waals surface area contributed by atoms with Crippen LogP contribution in [-0.4, -0.2) is 141 Å². The summed E-state index contributed by atoms with van der Waals surface area (Å²) in [7, 11) is 0. The number of hydrogen-bond donors (Lipinski definition) is 0. The molecule has 0 aromatic carbocycles. The van der Waals surface area contributed by atoms with Crippen molar-refractivity contribution >= 4 is 33.1 Å². The third kappa shape index (κ3) is 11.0. The topological polar surface area (TPSA) is 80.3 Å². The van der Waals surface area contributed by atoms with Gasteiger partial charge in [-0.15, -0.1) is 0 Å². The Balaban J connectivity index is -0.00000103. The molecule has 0 fully saturated rings. The minimum atomic E-state index is -8.75. The van der Waals surface area contributed by atoms with Crippen LogP contribution in [0.4, 0.5) is 149 Å². The van der Waals surface area contributed by atoms with Gasteiger partial charge in [0.15, 0.2) is 13.3 Å². The second-order valence-electron chi connectivity index (χ2n) is 12.7. The largest absolute Gasteiger partial charge is 0.544 e. The monoisotopic (exact) mass is 1190 g/mol. The first-order valence-electron chi connectivity index (χ1n) is 16.2. The third-order valence-corrected chi connectivity index (χ3v) is 11.9. The minimum absolute atomic E-state index is 0.149. The summed E-state index contributed by atoms with van der Waals surface area (Å²) in [6.07, 6.45) is 5.84. The number of carboxylic acid groups (broad SMARTS) is 2. The van der Waals surface area contributed by atoms with Crippen molar-refractivity contribution in [3.8, 4) is 0 Å². The molecule has 0 unspecified atom stereocenters. The van der Waals surface area contributed by atoms with E-state index < -0.39 is 120 Å². The van der Waals surface area contributed by atoms with Gasteiger partial charge in [0, 0.05) is 0 Å². The average Bonchev–Trinajstić information content (AvgIpc) is 3.16. The Morgan fingerprint density at radius 3 is 0.642 bits per heavy atom. The van der Waals surface area contributed by atoms with Gasteiger partial charge in [-0.2, -0.15) is 140 Å². The van der Waals surface area contributed by atoms with Crippen molar-refractivity contribution in [1.82, 2.24) is 0 Å². The molecular weight excluding hydrogens is 1160 g/mol. The van der Waals surface area contributed by atoms with Crippen LogP contribution in [-0.2, 0) is 9.59 Å². The molecule has 0 aromatic heterocycles. The average molecular weight is 1190 g/mol. The van der Waals surface area contributed by atoms with Crippen molar-refractivity contribution in [2.75, 3.05) is 13.3 Å². The van der Waals surface area contributed by atoms with Gasteiger partial charge in [-0.1, -0.05) is 0 Å². The van der Waals surface area contributed by atoms with E-state index in [1.165, 1.54) is 25.7 Å². The molecule has 0 aromatic rings. The molecule has 0 atom stereocenters. The Morgan fingerprint density at radius 2 is 0.493 bits per heavy atom. The molecule has 0 saturated heterocycles. The zero-order chi connectivity index (χ0) is 55.5. The summed E-state index contributed by atoms with van der Waals surface area (Å²) in [4.78, 5) is 19.4. The predicted molar refractivity (Wildman–Crippen MR) is 146 cm³/mol. The summed E-state index contributed by atoms with van der Waals surface area (Å²) in [5, 5.41) is 19.4. The molecule has 39 heteroatoms. The fraction of sp³-hybridized carbons (Fsp3) is 0.929.